The van der Waals surface area contributed by atoms with Crippen LogP contribution < -0.4 is 5.32 Å². The summed E-state index contributed by atoms with van der Waals surface area (Å²) >= 11 is 0. The van der Waals surface area contributed by atoms with Gasteiger partial charge >= 0.3 is 0 Å². The average molecular weight is 852 g/mol. The zero-order valence-corrected chi connectivity index (χ0v) is 39.0. The molecule has 354 valence electrons. The number of nitrogens with one attached hydrogen (secondary N) is 1. The molecule has 0 spiro atoms. The summed E-state index contributed by atoms with van der Waals surface area (Å²) in [6, 6.07) is -0.806. The number of rotatable bonds is 43. The van der Waals surface area contributed by atoms with E-state index in [4.69, 9.17) is 9.47 Å². The minimum atomic E-state index is -1.57. The first-order chi connectivity index (χ1) is 29.3. The van der Waals surface area contributed by atoms with Crippen LogP contribution in [0.4, 0.5) is 0 Å². The number of allylic oxidation sites excluding steroid dienone is 3. The van der Waals surface area contributed by atoms with Crippen molar-refractivity contribution in [3.8, 4) is 0 Å². The average Bonchev–Trinajstić information content (AvgIpc) is 3.25. The second-order valence-corrected chi connectivity index (χ2v) is 18.0. The van der Waals surface area contributed by atoms with Gasteiger partial charge in [0.25, 0.3) is 0 Å². The summed E-state index contributed by atoms with van der Waals surface area (Å²) in [4.78, 5) is 13.0. The third-order valence-corrected chi connectivity index (χ3v) is 12.3. The highest BCUT2D eigenvalue weighted by molar-refractivity contribution is 5.76. The lowest BCUT2D eigenvalue weighted by Gasteiger charge is -2.40. The van der Waals surface area contributed by atoms with Crippen molar-refractivity contribution in [1.82, 2.24) is 5.32 Å². The van der Waals surface area contributed by atoms with Crippen LogP contribution in [0.2, 0.25) is 0 Å². The van der Waals surface area contributed by atoms with Gasteiger partial charge in [0.15, 0.2) is 6.29 Å². The van der Waals surface area contributed by atoms with E-state index in [1.54, 1.807) is 6.08 Å². The van der Waals surface area contributed by atoms with E-state index in [1.807, 2.05) is 6.08 Å². The molecule has 7 atom stereocenters. The van der Waals surface area contributed by atoms with E-state index in [-0.39, 0.29) is 12.5 Å². The van der Waals surface area contributed by atoms with Crippen molar-refractivity contribution >= 4 is 5.91 Å². The lowest BCUT2D eigenvalue weighted by atomic mass is 9.99. The Morgan fingerprint density at radius 3 is 1.37 bits per heavy atom. The van der Waals surface area contributed by atoms with Crippen molar-refractivity contribution < 1.29 is 39.8 Å². The molecule has 9 nitrogen and oxygen atoms in total. The van der Waals surface area contributed by atoms with E-state index in [9.17, 15) is 30.3 Å². The number of unbranched alkanes of at least 4 members (excludes halogenated alkanes) is 31. The summed E-state index contributed by atoms with van der Waals surface area (Å²) in [5, 5.41) is 54.3. The Kier molecular flexibility index (Phi) is 39.4. The van der Waals surface area contributed by atoms with Crippen LogP contribution in [0.25, 0.3) is 0 Å². The molecule has 1 aliphatic rings. The Morgan fingerprint density at radius 1 is 0.550 bits per heavy atom. The summed E-state index contributed by atoms with van der Waals surface area (Å²) in [7, 11) is 0. The fraction of sp³-hybridized carbons (Fsp3) is 0.902. The van der Waals surface area contributed by atoms with E-state index >= 15 is 0 Å². The van der Waals surface area contributed by atoms with E-state index in [0.717, 1.165) is 57.8 Å². The second kappa shape index (κ2) is 41.7. The molecule has 1 amide bonds. The highest BCUT2D eigenvalue weighted by atomic mass is 16.7. The van der Waals surface area contributed by atoms with Gasteiger partial charge in [0, 0.05) is 6.42 Å². The molecule has 0 aromatic carbocycles. The fourth-order valence-corrected chi connectivity index (χ4v) is 8.15. The second-order valence-electron chi connectivity index (χ2n) is 18.0. The largest absolute Gasteiger partial charge is 0.394 e. The monoisotopic (exact) mass is 852 g/mol. The summed E-state index contributed by atoms with van der Waals surface area (Å²) in [5.41, 5.74) is 0. The van der Waals surface area contributed by atoms with Gasteiger partial charge < -0.3 is 40.3 Å². The predicted octanol–water partition coefficient (Wildman–Crippen LogP) is 11.5. The van der Waals surface area contributed by atoms with Crippen LogP contribution in [-0.2, 0) is 14.3 Å². The molecule has 0 radical (unpaired) electrons. The molecule has 0 aliphatic carbocycles. The van der Waals surface area contributed by atoms with Crippen LogP contribution in [0.3, 0.4) is 0 Å². The van der Waals surface area contributed by atoms with Crippen molar-refractivity contribution in [3.05, 3.63) is 24.3 Å². The van der Waals surface area contributed by atoms with Gasteiger partial charge in [-0.05, 0) is 44.9 Å². The molecule has 1 fully saturated rings. The number of hydrogen-bond acceptors (Lipinski definition) is 8. The Hall–Kier alpha value is -1.33. The summed E-state index contributed by atoms with van der Waals surface area (Å²) < 4.78 is 11.2. The first kappa shape index (κ1) is 56.7. The van der Waals surface area contributed by atoms with Crippen LogP contribution in [0.5, 0.6) is 0 Å². The predicted molar refractivity (Wildman–Crippen MR) is 249 cm³/mol. The number of aliphatic hydroxyl groups excluding tert-OH is 5. The number of hydrogen-bond donors (Lipinski definition) is 6. The van der Waals surface area contributed by atoms with Crippen molar-refractivity contribution in [3.63, 3.8) is 0 Å². The minimum absolute atomic E-state index is 0.185. The Balaban J connectivity index is 2.26. The van der Waals surface area contributed by atoms with E-state index < -0.39 is 49.5 Å². The normalized spacial score (nSPS) is 20.7. The van der Waals surface area contributed by atoms with Gasteiger partial charge in [-0.25, -0.2) is 0 Å². The quantitative estimate of drug-likeness (QED) is 0.0262. The number of aliphatic hydroxyl groups is 5. The molecule has 0 saturated carbocycles. The minimum Gasteiger partial charge on any atom is -0.394 e. The molecule has 7 unspecified atom stereocenters. The van der Waals surface area contributed by atoms with Gasteiger partial charge in [-0.3, -0.25) is 4.79 Å². The smallest absolute Gasteiger partial charge is 0.220 e. The maximum atomic E-state index is 13.0. The van der Waals surface area contributed by atoms with Crippen molar-refractivity contribution in [2.45, 2.75) is 281 Å². The molecule has 6 N–H and O–H groups in total. The van der Waals surface area contributed by atoms with Crippen LogP contribution in [-0.4, -0.2) is 87.5 Å². The summed E-state index contributed by atoms with van der Waals surface area (Å²) in [6.45, 7) is 3.77. The topological polar surface area (TPSA) is 149 Å². The molecule has 1 rings (SSSR count). The molecule has 9 heteroatoms. The SMILES string of the molecule is CCCCCC/C=C\CCCCCCCC(=O)NC(COC1OC(CO)C(O)C(O)C1O)C(O)/C=C/CCCCCCCCCCCCCCCCCCCCCCCC. The lowest BCUT2D eigenvalue weighted by Crippen LogP contribution is -2.60. The van der Waals surface area contributed by atoms with Crippen LogP contribution in [0, 0.1) is 0 Å². The van der Waals surface area contributed by atoms with Gasteiger partial charge in [0.1, 0.15) is 24.4 Å². The molecule has 0 aromatic heterocycles. The molecule has 1 saturated heterocycles. The Morgan fingerprint density at radius 2 is 0.933 bits per heavy atom. The van der Waals surface area contributed by atoms with E-state index in [2.05, 4.69) is 31.3 Å². The number of ether oxygens (including phenoxy) is 2. The highest BCUT2D eigenvalue weighted by Crippen LogP contribution is 2.23. The number of carbonyl (C=O) groups excluding carboxylic acids is 1. The number of carbonyl (C=O) groups is 1. The van der Waals surface area contributed by atoms with Gasteiger partial charge in [-0.2, -0.15) is 0 Å². The molecule has 0 aromatic rings. The van der Waals surface area contributed by atoms with Crippen LogP contribution in [0.15, 0.2) is 24.3 Å². The standard InChI is InChI=1S/C51H97NO8/c1-3-5-7-9-11-13-15-17-18-19-20-21-22-23-24-25-26-27-29-30-32-34-36-38-40-45(54)44(43-59-51-50(58)49(57)48(56)46(42-53)60-51)52-47(55)41-39-37-35-33-31-28-16-14-12-10-8-6-4-2/h14,16,38,40,44-46,48-51,53-54,56-58H,3-13,15,17-37,39,41-43H2,1-2H3,(H,52,55)/b16-14-,40-38+. The summed E-state index contributed by atoms with van der Waals surface area (Å²) in [6.07, 6.45) is 43.8. The molecule has 60 heavy (non-hydrogen) atoms. The van der Waals surface area contributed by atoms with Crippen LogP contribution >= 0.6 is 0 Å². The molecular weight excluding hydrogens is 755 g/mol. The van der Waals surface area contributed by atoms with Crippen molar-refractivity contribution in [2.75, 3.05) is 13.2 Å². The van der Waals surface area contributed by atoms with Crippen molar-refractivity contribution in [2.24, 2.45) is 0 Å². The molecule has 1 heterocycles. The zero-order valence-electron chi connectivity index (χ0n) is 39.0. The maximum Gasteiger partial charge on any atom is 0.220 e. The molecular formula is C51H97NO8. The summed E-state index contributed by atoms with van der Waals surface area (Å²) in [5.74, 6) is -0.185. The fourth-order valence-electron chi connectivity index (χ4n) is 8.15. The van der Waals surface area contributed by atoms with Gasteiger partial charge in [-0.1, -0.05) is 212 Å². The van der Waals surface area contributed by atoms with Gasteiger partial charge in [-0.15, -0.1) is 0 Å². The molecule has 1 aliphatic heterocycles. The van der Waals surface area contributed by atoms with Gasteiger partial charge in [0.05, 0.1) is 25.4 Å². The Labute approximate surface area is 369 Å². The lowest BCUT2D eigenvalue weighted by molar-refractivity contribution is -0.302. The third-order valence-electron chi connectivity index (χ3n) is 12.3. The van der Waals surface area contributed by atoms with E-state index in [1.165, 1.54) is 161 Å². The third kappa shape index (κ3) is 31.5. The van der Waals surface area contributed by atoms with Crippen molar-refractivity contribution in [1.29, 1.82) is 0 Å². The maximum absolute atomic E-state index is 13.0. The first-order valence-electron chi connectivity index (χ1n) is 25.6. The molecule has 0 bridgehead atoms. The van der Waals surface area contributed by atoms with Gasteiger partial charge in [0.2, 0.25) is 5.91 Å². The Bertz CT molecular complexity index is 992. The van der Waals surface area contributed by atoms with Crippen LogP contribution in [0.1, 0.15) is 239 Å². The zero-order chi connectivity index (χ0) is 43.7. The highest BCUT2D eigenvalue weighted by Gasteiger charge is 2.44. The first-order valence-corrected chi connectivity index (χ1v) is 25.6. The van der Waals surface area contributed by atoms with E-state index in [0.29, 0.717) is 6.42 Å². The number of amides is 1.